The number of aromatic nitrogens is 1. The van der Waals surface area contributed by atoms with Gasteiger partial charge >= 0.3 is 6.09 Å². The number of nitrogens with zero attached hydrogens (tertiary/aromatic N) is 3. The predicted octanol–water partition coefficient (Wildman–Crippen LogP) is 5.40. The summed E-state index contributed by atoms with van der Waals surface area (Å²) in [5, 5.41) is 27.5. The number of non-ortho nitro benzene ring substituents is 1. The van der Waals surface area contributed by atoms with E-state index in [-0.39, 0.29) is 12.1 Å². The first-order valence-corrected chi connectivity index (χ1v) is 13.1. The van der Waals surface area contributed by atoms with Crippen LogP contribution in [-0.4, -0.2) is 45.0 Å². The van der Waals surface area contributed by atoms with Crippen molar-refractivity contribution in [2.24, 2.45) is 0 Å². The molecule has 0 aliphatic heterocycles. The Hall–Kier alpha value is -4.09. The lowest BCUT2D eigenvalue weighted by Crippen LogP contribution is -2.49. The predicted molar refractivity (Wildman–Crippen MR) is 143 cm³/mol. The fourth-order valence-electron chi connectivity index (χ4n) is 3.97. The van der Waals surface area contributed by atoms with Gasteiger partial charge in [-0.1, -0.05) is 48.5 Å². The van der Waals surface area contributed by atoms with Gasteiger partial charge in [-0.05, 0) is 29.0 Å². The normalized spacial score (nSPS) is 12.5. The van der Waals surface area contributed by atoms with Gasteiger partial charge in [-0.15, -0.1) is 22.7 Å². The van der Waals surface area contributed by atoms with Crippen molar-refractivity contribution in [3.63, 3.8) is 0 Å². The van der Waals surface area contributed by atoms with E-state index in [0.29, 0.717) is 12.1 Å². The number of rotatable bonds is 10. The molecule has 190 valence electrons. The molecule has 9 nitrogen and oxygen atoms in total. The van der Waals surface area contributed by atoms with Gasteiger partial charge in [0.25, 0.3) is 5.69 Å². The molecule has 0 bridgehead atoms. The minimum atomic E-state index is -1.29. The van der Waals surface area contributed by atoms with Gasteiger partial charge in [-0.3, -0.25) is 14.9 Å². The van der Waals surface area contributed by atoms with Crippen LogP contribution >= 0.6 is 22.7 Å². The molecule has 0 saturated heterocycles. The topological polar surface area (TPSA) is 126 Å². The number of likely N-dealkylation sites (N-methyl/N-ethyl adjacent to an activating group) is 1. The molecule has 2 atom stereocenters. The van der Waals surface area contributed by atoms with E-state index in [1.54, 1.807) is 30.5 Å². The van der Waals surface area contributed by atoms with Crippen LogP contribution < -0.4 is 5.32 Å². The summed E-state index contributed by atoms with van der Waals surface area (Å²) in [7, 11) is 1.63. The van der Waals surface area contributed by atoms with Crippen LogP contribution in [-0.2, 0) is 17.6 Å². The number of nitrogens with one attached hydrogen (secondary N) is 1. The van der Waals surface area contributed by atoms with E-state index < -0.39 is 29.0 Å². The smallest absolute Gasteiger partial charge is 0.405 e. The average Bonchev–Trinajstić information content (AvgIpc) is 3.59. The molecule has 2 unspecified atom stereocenters. The molecule has 2 aromatic heterocycles. The molecule has 0 fully saturated rings. The quantitative estimate of drug-likeness (QED) is 0.206. The molecule has 0 saturated carbocycles. The number of nitro benzene ring substituents is 1. The van der Waals surface area contributed by atoms with E-state index >= 15 is 0 Å². The van der Waals surface area contributed by atoms with Gasteiger partial charge in [-0.25, -0.2) is 9.78 Å². The maximum Gasteiger partial charge on any atom is 0.405 e. The summed E-state index contributed by atoms with van der Waals surface area (Å²) in [6.45, 7) is 0. The first-order valence-electron chi connectivity index (χ1n) is 11.3. The van der Waals surface area contributed by atoms with Gasteiger partial charge < -0.3 is 15.3 Å². The lowest BCUT2D eigenvalue weighted by atomic mass is 10.00. The van der Waals surface area contributed by atoms with Gasteiger partial charge in [0.05, 0.1) is 21.5 Å². The highest BCUT2D eigenvalue weighted by molar-refractivity contribution is 7.20. The van der Waals surface area contributed by atoms with Crippen LogP contribution in [0.4, 0.5) is 10.5 Å². The zero-order valence-electron chi connectivity index (χ0n) is 19.8. The number of hydrogen-bond donors (Lipinski definition) is 2. The molecule has 11 heteroatoms. The summed E-state index contributed by atoms with van der Waals surface area (Å²) in [5.74, 6) is -0.399. The fraction of sp³-hybridized carbons (Fsp3) is 0.192. The third kappa shape index (κ3) is 6.57. The molecule has 37 heavy (non-hydrogen) atoms. The molecule has 2 N–H and O–H groups in total. The maximum absolute atomic E-state index is 13.7. The number of carboxylic acid groups (broad SMARTS) is 1. The SMILES string of the molecule is CN(C(=O)C(Cc1ccccc1)NC(=O)O)C(Cc1ccc([N+](=O)[O-])cc1)c1csc(-c2cccs2)n1. The third-order valence-electron chi connectivity index (χ3n) is 5.87. The standard InChI is InChI=1S/C26H24N4O5S2/c1-29(25(31)20(28-26(32)33)14-17-6-3-2-4-7-17)22(15-18-9-11-19(12-10-18)30(34)35)21-16-37-24(27-21)23-8-5-13-36-23/h2-13,16,20,22,28H,14-15H2,1H3,(H,32,33). The Labute approximate surface area is 221 Å². The summed E-state index contributed by atoms with van der Waals surface area (Å²) < 4.78 is 0. The Balaban J connectivity index is 1.65. The summed E-state index contributed by atoms with van der Waals surface area (Å²) >= 11 is 3.03. The van der Waals surface area contributed by atoms with Gasteiger partial charge in [0.1, 0.15) is 11.0 Å². The van der Waals surface area contributed by atoms with E-state index in [1.807, 2.05) is 53.2 Å². The Morgan fingerprint density at radius 3 is 2.35 bits per heavy atom. The number of carbonyl (C=O) groups excluding carboxylic acids is 1. The molecule has 0 aliphatic carbocycles. The molecule has 4 aromatic rings. The maximum atomic E-state index is 13.7. The van der Waals surface area contributed by atoms with Crippen LogP contribution in [0.2, 0.25) is 0 Å². The second kappa shape index (κ2) is 11.8. The summed E-state index contributed by atoms with van der Waals surface area (Å²) in [4.78, 5) is 43.1. The zero-order chi connectivity index (χ0) is 26.4. The molecule has 0 spiro atoms. The van der Waals surface area contributed by atoms with E-state index in [4.69, 9.17) is 4.98 Å². The largest absolute Gasteiger partial charge is 0.465 e. The van der Waals surface area contributed by atoms with Gasteiger partial charge in [0.2, 0.25) is 5.91 Å². The molecule has 2 amide bonds. The molecule has 2 heterocycles. The zero-order valence-corrected chi connectivity index (χ0v) is 21.4. The van der Waals surface area contributed by atoms with Crippen LogP contribution in [0, 0.1) is 10.1 Å². The van der Waals surface area contributed by atoms with Gasteiger partial charge in [0.15, 0.2) is 0 Å². The third-order valence-corrected chi connectivity index (χ3v) is 7.76. The van der Waals surface area contributed by atoms with Crippen molar-refractivity contribution in [3.05, 3.63) is 104 Å². The number of amides is 2. The summed E-state index contributed by atoms with van der Waals surface area (Å²) in [6.07, 6.45) is -0.750. The Kier molecular flexibility index (Phi) is 8.26. The number of thiophene rings is 1. The van der Waals surface area contributed by atoms with Crippen LogP contribution in [0.5, 0.6) is 0 Å². The summed E-state index contributed by atoms with van der Waals surface area (Å²) in [5.41, 5.74) is 2.25. The van der Waals surface area contributed by atoms with E-state index in [2.05, 4.69) is 5.32 Å². The fourth-order valence-corrected chi connectivity index (χ4v) is 5.65. The van der Waals surface area contributed by atoms with E-state index in [0.717, 1.165) is 21.0 Å². The van der Waals surface area contributed by atoms with Gasteiger partial charge in [0, 0.05) is 31.0 Å². The van der Waals surface area contributed by atoms with Crippen molar-refractivity contribution in [3.8, 4) is 9.88 Å². The van der Waals surface area contributed by atoms with Crippen LogP contribution in [0.15, 0.2) is 77.5 Å². The van der Waals surface area contributed by atoms with Crippen LogP contribution in [0.25, 0.3) is 9.88 Å². The van der Waals surface area contributed by atoms with Gasteiger partial charge in [-0.2, -0.15) is 0 Å². The second-order valence-electron chi connectivity index (χ2n) is 8.34. The van der Waals surface area contributed by atoms with Crippen molar-refractivity contribution in [2.75, 3.05) is 7.05 Å². The highest BCUT2D eigenvalue weighted by atomic mass is 32.1. The average molecular weight is 537 g/mol. The van der Waals surface area contributed by atoms with Crippen molar-refractivity contribution in [1.29, 1.82) is 0 Å². The van der Waals surface area contributed by atoms with E-state index in [1.165, 1.54) is 28.4 Å². The molecule has 2 aromatic carbocycles. The minimum absolute atomic E-state index is 0.0213. The Morgan fingerprint density at radius 1 is 1.03 bits per heavy atom. The molecule has 0 radical (unpaired) electrons. The Morgan fingerprint density at radius 2 is 1.73 bits per heavy atom. The molecule has 4 rings (SSSR count). The van der Waals surface area contributed by atoms with Crippen LogP contribution in [0.3, 0.4) is 0 Å². The first-order chi connectivity index (χ1) is 17.8. The van der Waals surface area contributed by atoms with Crippen molar-refractivity contribution in [1.82, 2.24) is 15.2 Å². The molecule has 0 aliphatic rings. The van der Waals surface area contributed by atoms with Crippen molar-refractivity contribution >= 4 is 40.4 Å². The minimum Gasteiger partial charge on any atom is -0.465 e. The number of thiazole rings is 1. The second-order valence-corrected chi connectivity index (χ2v) is 10.1. The van der Waals surface area contributed by atoms with Crippen molar-refractivity contribution in [2.45, 2.75) is 24.9 Å². The lowest BCUT2D eigenvalue weighted by Gasteiger charge is -2.30. The van der Waals surface area contributed by atoms with Crippen molar-refractivity contribution < 1.29 is 19.6 Å². The number of carbonyl (C=O) groups is 2. The first kappa shape index (κ1) is 26.0. The lowest BCUT2D eigenvalue weighted by molar-refractivity contribution is -0.384. The monoisotopic (exact) mass is 536 g/mol. The van der Waals surface area contributed by atoms with Crippen LogP contribution in [0.1, 0.15) is 22.9 Å². The number of nitro groups is 1. The highest BCUT2D eigenvalue weighted by Gasteiger charge is 2.31. The number of benzene rings is 2. The summed E-state index contributed by atoms with van der Waals surface area (Å²) in [6, 6.07) is 17.8. The molecular formula is C26H24N4O5S2. The molecular weight excluding hydrogens is 512 g/mol. The Bertz CT molecular complexity index is 1360. The van der Waals surface area contributed by atoms with E-state index in [9.17, 15) is 24.8 Å². The number of hydrogen-bond acceptors (Lipinski definition) is 7. The highest BCUT2D eigenvalue weighted by Crippen LogP contribution is 2.33.